The van der Waals surface area contributed by atoms with Crippen LogP contribution in [-0.4, -0.2) is 14.4 Å². The standard InChI is InChI=1S/C18H38OSi/c1-6-8-10-12-13-15-17-20(4,5)19-18(3)16-14-11-9-7-2/h14,16,18H,6-13,15,17H2,1-5H3/b16-14+. The fraction of sp³-hybridized carbons (Fsp3) is 0.889. The number of allylic oxidation sites excluding steroid dienone is 1. The van der Waals surface area contributed by atoms with Gasteiger partial charge in [0.1, 0.15) is 0 Å². The molecule has 0 aliphatic rings. The van der Waals surface area contributed by atoms with E-state index in [0.717, 1.165) is 0 Å². The van der Waals surface area contributed by atoms with Gasteiger partial charge < -0.3 is 4.43 Å². The molecule has 0 heterocycles. The van der Waals surface area contributed by atoms with Crippen LogP contribution >= 0.6 is 0 Å². The van der Waals surface area contributed by atoms with Crippen molar-refractivity contribution in [3.63, 3.8) is 0 Å². The van der Waals surface area contributed by atoms with Crippen LogP contribution in [-0.2, 0) is 4.43 Å². The van der Waals surface area contributed by atoms with Crippen LogP contribution in [0.3, 0.4) is 0 Å². The minimum Gasteiger partial charge on any atom is -0.411 e. The minimum absolute atomic E-state index is 0.300. The van der Waals surface area contributed by atoms with E-state index < -0.39 is 8.32 Å². The molecule has 0 spiro atoms. The number of hydrogen-bond donors (Lipinski definition) is 0. The molecule has 0 saturated heterocycles. The Morgan fingerprint density at radius 1 is 0.900 bits per heavy atom. The summed E-state index contributed by atoms with van der Waals surface area (Å²) in [6.45, 7) is 11.5. The van der Waals surface area contributed by atoms with Gasteiger partial charge >= 0.3 is 0 Å². The first kappa shape index (κ1) is 19.9. The third kappa shape index (κ3) is 12.9. The van der Waals surface area contributed by atoms with E-state index in [0.29, 0.717) is 6.10 Å². The van der Waals surface area contributed by atoms with E-state index in [2.05, 4.69) is 46.0 Å². The molecule has 0 aromatic carbocycles. The van der Waals surface area contributed by atoms with Crippen molar-refractivity contribution in [1.82, 2.24) is 0 Å². The molecule has 0 amide bonds. The van der Waals surface area contributed by atoms with Gasteiger partial charge in [-0.3, -0.25) is 0 Å². The largest absolute Gasteiger partial charge is 0.411 e. The second-order valence-electron chi connectivity index (χ2n) is 6.67. The highest BCUT2D eigenvalue weighted by Crippen LogP contribution is 2.19. The van der Waals surface area contributed by atoms with E-state index in [9.17, 15) is 0 Å². The molecule has 0 aliphatic heterocycles. The van der Waals surface area contributed by atoms with Gasteiger partial charge in [-0.15, -0.1) is 0 Å². The quantitative estimate of drug-likeness (QED) is 0.209. The Balaban J connectivity index is 3.73. The Labute approximate surface area is 129 Å². The van der Waals surface area contributed by atoms with Gasteiger partial charge in [-0.05, 0) is 32.5 Å². The Kier molecular flexibility index (Phi) is 12.6. The molecular weight excluding hydrogens is 260 g/mol. The van der Waals surface area contributed by atoms with Crippen LogP contribution in [0.15, 0.2) is 12.2 Å². The van der Waals surface area contributed by atoms with E-state index in [1.54, 1.807) is 0 Å². The highest BCUT2D eigenvalue weighted by Gasteiger charge is 2.23. The second kappa shape index (κ2) is 12.6. The summed E-state index contributed by atoms with van der Waals surface area (Å²) in [4.78, 5) is 0. The topological polar surface area (TPSA) is 9.23 Å². The van der Waals surface area contributed by atoms with Gasteiger partial charge in [0.15, 0.2) is 8.32 Å². The van der Waals surface area contributed by atoms with Crippen molar-refractivity contribution in [2.45, 2.75) is 104 Å². The maximum atomic E-state index is 6.30. The van der Waals surface area contributed by atoms with E-state index in [1.165, 1.54) is 63.8 Å². The van der Waals surface area contributed by atoms with Crippen molar-refractivity contribution in [3.8, 4) is 0 Å². The van der Waals surface area contributed by atoms with Crippen LogP contribution in [0, 0.1) is 0 Å². The van der Waals surface area contributed by atoms with E-state index in [-0.39, 0.29) is 0 Å². The molecule has 0 N–H and O–H groups in total. The maximum absolute atomic E-state index is 6.30. The molecular formula is C18H38OSi. The number of rotatable bonds is 13. The number of hydrogen-bond acceptors (Lipinski definition) is 1. The molecule has 0 radical (unpaired) electrons. The smallest absolute Gasteiger partial charge is 0.187 e. The van der Waals surface area contributed by atoms with E-state index in [1.807, 2.05) is 0 Å². The summed E-state index contributed by atoms with van der Waals surface area (Å²) in [5.41, 5.74) is 0. The maximum Gasteiger partial charge on any atom is 0.187 e. The molecule has 2 heteroatoms. The van der Waals surface area contributed by atoms with Crippen molar-refractivity contribution in [1.29, 1.82) is 0 Å². The Morgan fingerprint density at radius 2 is 1.50 bits per heavy atom. The van der Waals surface area contributed by atoms with Crippen LogP contribution in [0.4, 0.5) is 0 Å². The average Bonchev–Trinajstić information content (AvgIpc) is 2.38. The van der Waals surface area contributed by atoms with Gasteiger partial charge in [0, 0.05) is 0 Å². The van der Waals surface area contributed by atoms with E-state index >= 15 is 0 Å². The molecule has 1 atom stereocenters. The lowest BCUT2D eigenvalue weighted by Crippen LogP contribution is -2.33. The normalized spacial score (nSPS) is 14.1. The summed E-state index contributed by atoms with van der Waals surface area (Å²) < 4.78 is 6.30. The Morgan fingerprint density at radius 3 is 2.15 bits per heavy atom. The van der Waals surface area contributed by atoms with Gasteiger partial charge in [-0.25, -0.2) is 0 Å². The van der Waals surface area contributed by atoms with Crippen LogP contribution < -0.4 is 0 Å². The van der Waals surface area contributed by atoms with E-state index in [4.69, 9.17) is 4.43 Å². The summed E-state index contributed by atoms with van der Waals surface area (Å²) in [5.74, 6) is 0. The molecule has 1 nitrogen and oxygen atoms in total. The minimum atomic E-state index is -1.45. The van der Waals surface area contributed by atoms with Gasteiger partial charge in [-0.2, -0.15) is 0 Å². The lowest BCUT2D eigenvalue weighted by molar-refractivity contribution is 0.257. The molecule has 0 bridgehead atoms. The molecule has 0 rings (SSSR count). The Hall–Kier alpha value is -0.0831. The molecule has 120 valence electrons. The molecule has 1 unspecified atom stereocenters. The van der Waals surface area contributed by atoms with Crippen molar-refractivity contribution in [2.75, 3.05) is 0 Å². The van der Waals surface area contributed by atoms with Crippen LogP contribution in [0.2, 0.25) is 19.1 Å². The third-order valence-corrected chi connectivity index (χ3v) is 6.34. The third-order valence-electron chi connectivity index (χ3n) is 3.77. The molecule has 0 aliphatic carbocycles. The highest BCUT2D eigenvalue weighted by atomic mass is 28.4. The fourth-order valence-electron chi connectivity index (χ4n) is 2.54. The summed E-state index contributed by atoms with van der Waals surface area (Å²) in [7, 11) is -1.45. The first-order valence-corrected chi connectivity index (χ1v) is 12.0. The van der Waals surface area contributed by atoms with Crippen molar-refractivity contribution < 1.29 is 4.43 Å². The molecule has 20 heavy (non-hydrogen) atoms. The Bertz CT molecular complexity index is 236. The van der Waals surface area contributed by atoms with Gasteiger partial charge in [-0.1, -0.05) is 77.4 Å². The summed E-state index contributed by atoms with van der Waals surface area (Å²) in [6, 6.07) is 1.31. The van der Waals surface area contributed by atoms with Crippen molar-refractivity contribution >= 4 is 8.32 Å². The summed E-state index contributed by atoms with van der Waals surface area (Å²) >= 11 is 0. The lowest BCUT2D eigenvalue weighted by atomic mass is 10.1. The zero-order chi connectivity index (χ0) is 15.3. The summed E-state index contributed by atoms with van der Waals surface area (Å²) in [6.07, 6.45) is 16.9. The molecule has 0 aromatic heterocycles. The van der Waals surface area contributed by atoms with Crippen LogP contribution in [0.1, 0.15) is 78.6 Å². The van der Waals surface area contributed by atoms with Crippen molar-refractivity contribution in [3.05, 3.63) is 12.2 Å². The first-order valence-electron chi connectivity index (χ1n) is 8.86. The van der Waals surface area contributed by atoms with Gasteiger partial charge in [0.05, 0.1) is 6.10 Å². The van der Waals surface area contributed by atoms with Crippen molar-refractivity contribution in [2.24, 2.45) is 0 Å². The number of unbranched alkanes of at least 4 members (excludes halogenated alkanes) is 7. The zero-order valence-electron chi connectivity index (χ0n) is 14.7. The fourth-order valence-corrected chi connectivity index (χ4v) is 4.85. The van der Waals surface area contributed by atoms with Crippen LogP contribution in [0.5, 0.6) is 0 Å². The van der Waals surface area contributed by atoms with Crippen LogP contribution in [0.25, 0.3) is 0 Å². The predicted molar refractivity (Wildman–Crippen MR) is 94.9 cm³/mol. The second-order valence-corrected chi connectivity index (χ2v) is 10.9. The average molecular weight is 299 g/mol. The zero-order valence-corrected chi connectivity index (χ0v) is 15.7. The molecule has 0 saturated carbocycles. The van der Waals surface area contributed by atoms with Gasteiger partial charge in [0.25, 0.3) is 0 Å². The SMILES string of the molecule is CCCC/C=C/C(C)O[Si](C)(C)CCCCCCCC. The molecule has 0 aromatic rings. The summed E-state index contributed by atoms with van der Waals surface area (Å²) in [5, 5.41) is 0. The monoisotopic (exact) mass is 298 g/mol. The van der Waals surface area contributed by atoms with Gasteiger partial charge in [0.2, 0.25) is 0 Å². The predicted octanol–water partition coefficient (Wildman–Crippen LogP) is 6.70. The first-order chi connectivity index (χ1) is 9.52. The highest BCUT2D eigenvalue weighted by molar-refractivity contribution is 6.71. The molecule has 0 fully saturated rings. The lowest BCUT2D eigenvalue weighted by Gasteiger charge is -2.26.